The summed E-state index contributed by atoms with van der Waals surface area (Å²) in [5, 5.41) is 19.8. The minimum atomic E-state index is 0.0531. The van der Waals surface area contributed by atoms with E-state index < -0.39 is 0 Å². The molecule has 0 atom stereocenters. The molecule has 9 nitrogen and oxygen atoms in total. The summed E-state index contributed by atoms with van der Waals surface area (Å²) >= 11 is 0. The van der Waals surface area contributed by atoms with Crippen molar-refractivity contribution < 1.29 is 14.6 Å². The molecule has 40 heavy (non-hydrogen) atoms. The molecule has 1 aromatic heterocycles. The van der Waals surface area contributed by atoms with Gasteiger partial charge in [0.2, 0.25) is 11.6 Å². The Kier molecular flexibility index (Phi) is 7.65. The Labute approximate surface area is 234 Å². The number of anilines is 4. The number of Topliss-reactive ketones (excluding diaryl/α,β-unsaturated/α-hetero) is 2. The van der Waals surface area contributed by atoms with Crippen LogP contribution >= 0.6 is 0 Å². The van der Waals surface area contributed by atoms with Crippen LogP contribution in [0.1, 0.15) is 45.7 Å². The summed E-state index contributed by atoms with van der Waals surface area (Å²) in [6, 6.07) is 21.6. The molecule has 9 heteroatoms. The molecule has 0 amide bonds. The lowest BCUT2D eigenvalue weighted by Crippen LogP contribution is -2.51. The molecule has 3 heterocycles. The third-order valence-electron chi connectivity index (χ3n) is 7.75. The molecule has 2 aliphatic rings. The van der Waals surface area contributed by atoms with Crippen LogP contribution in [0.3, 0.4) is 0 Å². The summed E-state index contributed by atoms with van der Waals surface area (Å²) < 4.78 is 0. The van der Waals surface area contributed by atoms with Crippen LogP contribution in [0.5, 0.6) is 0 Å². The lowest BCUT2D eigenvalue weighted by molar-refractivity contribution is -0.350. The van der Waals surface area contributed by atoms with Crippen LogP contribution in [0.4, 0.5) is 23.0 Å². The highest BCUT2D eigenvalue weighted by Gasteiger charge is 2.30. The van der Waals surface area contributed by atoms with Gasteiger partial charge in [0.1, 0.15) is 23.3 Å². The molecule has 202 valence electrons. The molecule has 2 aromatic carbocycles. The van der Waals surface area contributed by atoms with Gasteiger partial charge in [-0.25, -0.2) is 4.98 Å². The Morgan fingerprint density at radius 2 is 0.925 bits per heavy atom. The number of rotatable bonds is 6. The van der Waals surface area contributed by atoms with E-state index in [1.807, 2.05) is 48.5 Å². The second-order valence-corrected chi connectivity index (χ2v) is 10.2. The van der Waals surface area contributed by atoms with Crippen LogP contribution in [0.2, 0.25) is 0 Å². The highest BCUT2D eigenvalue weighted by Crippen LogP contribution is 2.26. The fourth-order valence-electron chi connectivity index (χ4n) is 5.39. The lowest BCUT2D eigenvalue weighted by atomic mass is 10.1. The number of nitriles is 2. The average Bonchev–Trinajstić information content (AvgIpc) is 3.00. The first kappa shape index (κ1) is 26.7. The van der Waals surface area contributed by atoms with E-state index in [0.717, 1.165) is 75.4 Å². The molecule has 0 radical (unpaired) electrons. The second-order valence-electron chi connectivity index (χ2n) is 10.2. The van der Waals surface area contributed by atoms with E-state index in [1.54, 1.807) is 19.9 Å². The van der Waals surface area contributed by atoms with Crippen molar-refractivity contribution in [2.24, 2.45) is 0 Å². The first-order chi connectivity index (χ1) is 19.4. The number of aromatic amines is 1. The normalized spacial score (nSPS) is 15.4. The van der Waals surface area contributed by atoms with Crippen LogP contribution in [-0.4, -0.2) is 63.9 Å². The van der Waals surface area contributed by atoms with Crippen LogP contribution < -0.4 is 24.6 Å². The van der Waals surface area contributed by atoms with E-state index >= 15 is 0 Å². The van der Waals surface area contributed by atoms with Crippen LogP contribution in [-0.2, 0) is 0 Å². The number of ketones is 2. The number of hydrogen-bond donors (Lipinski definition) is 0. The van der Waals surface area contributed by atoms with Gasteiger partial charge in [-0.3, -0.25) is 19.4 Å². The SMILES string of the molecule is CC(=O)c1ccc(N2CCN(c3[nH+]c(N4CCN(c5ccc(C(C)=O)cc5)CC4)c(C#N)cc3C#N)CC2)cc1. The number of carbonyl (C=O) groups is 2. The first-order valence-electron chi connectivity index (χ1n) is 13.5. The number of aromatic nitrogens is 1. The molecule has 0 saturated carbocycles. The van der Waals surface area contributed by atoms with Crippen LogP contribution in [0.25, 0.3) is 0 Å². The number of piperazine rings is 2. The van der Waals surface area contributed by atoms with Gasteiger partial charge < -0.3 is 9.80 Å². The molecular formula is C31H32N7O2+. The standard InChI is InChI=1S/C31H31N7O2/c1-22(39)24-3-7-28(8-4-24)35-11-15-37(16-12-35)30-26(20-32)19-27(21-33)31(34-30)38-17-13-36(14-18-38)29-9-5-25(6-10-29)23(2)40/h3-10,19H,11-18H2,1-2H3/p+1. The molecule has 2 fully saturated rings. The van der Waals surface area contributed by atoms with Crippen LogP contribution in [0, 0.1) is 22.7 Å². The lowest BCUT2D eigenvalue weighted by Gasteiger charge is -2.36. The Bertz CT molecular complexity index is 1380. The molecule has 3 aromatic rings. The van der Waals surface area contributed by atoms with Gasteiger partial charge in [-0.05, 0) is 68.4 Å². The summed E-state index contributed by atoms with van der Waals surface area (Å²) in [4.78, 5) is 35.6. The molecule has 0 spiro atoms. The summed E-state index contributed by atoms with van der Waals surface area (Å²) in [5.74, 6) is 1.59. The van der Waals surface area contributed by atoms with Gasteiger partial charge in [-0.2, -0.15) is 10.5 Å². The zero-order chi connectivity index (χ0) is 28.2. The van der Waals surface area contributed by atoms with Crippen LogP contribution in [0.15, 0.2) is 54.6 Å². The minimum Gasteiger partial charge on any atom is -0.365 e. The van der Waals surface area contributed by atoms with Crippen molar-refractivity contribution in [2.45, 2.75) is 13.8 Å². The monoisotopic (exact) mass is 534 g/mol. The van der Waals surface area contributed by atoms with E-state index in [1.165, 1.54) is 0 Å². The fraction of sp³-hybridized carbons (Fsp3) is 0.323. The third kappa shape index (κ3) is 5.45. The van der Waals surface area contributed by atoms with Gasteiger partial charge in [-0.15, -0.1) is 0 Å². The van der Waals surface area contributed by atoms with E-state index in [0.29, 0.717) is 22.3 Å². The Balaban J connectivity index is 1.30. The molecular weight excluding hydrogens is 502 g/mol. The smallest absolute Gasteiger partial charge is 0.239 e. The van der Waals surface area contributed by atoms with Gasteiger partial charge in [0.15, 0.2) is 11.6 Å². The topological polar surface area (TPSA) is 109 Å². The predicted molar refractivity (Wildman–Crippen MR) is 154 cm³/mol. The largest absolute Gasteiger partial charge is 0.365 e. The minimum absolute atomic E-state index is 0.0531. The zero-order valence-corrected chi connectivity index (χ0v) is 22.9. The Morgan fingerprint density at radius 3 is 1.23 bits per heavy atom. The summed E-state index contributed by atoms with van der Waals surface area (Å²) in [7, 11) is 0. The van der Waals surface area contributed by atoms with Crippen molar-refractivity contribution >= 4 is 34.6 Å². The van der Waals surface area contributed by atoms with Gasteiger partial charge in [0, 0.05) is 48.7 Å². The highest BCUT2D eigenvalue weighted by molar-refractivity contribution is 5.94. The van der Waals surface area contributed by atoms with Crippen molar-refractivity contribution in [3.63, 3.8) is 0 Å². The maximum absolute atomic E-state index is 11.6. The van der Waals surface area contributed by atoms with Crippen molar-refractivity contribution in [1.82, 2.24) is 0 Å². The molecule has 1 N–H and O–H groups in total. The summed E-state index contributed by atoms with van der Waals surface area (Å²) in [6.45, 7) is 9.09. The fourth-order valence-corrected chi connectivity index (χ4v) is 5.39. The highest BCUT2D eigenvalue weighted by atomic mass is 16.1. The number of nitrogens with zero attached hydrogens (tertiary/aromatic N) is 6. The first-order valence-corrected chi connectivity index (χ1v) is 13.5. The molecule has 0 aliphatic carbocycles. The average molecular weight is 535 g/mol. The maximum atomic E-state index is 11.6. The molecule has 0 unspecified atom stereocenters. The van der Waals surface area contributed by atoms with E-state index in [9.17, 15) is 20.1 Å². The quantitative estimate of drug-likeness (QED) is 0.443. The van der Waals surface area contributed by atoms with Crippen molar-refractivity contribution in [3.8, 4) is 12.1 Å². The van der Waals surface area contributed by atoms with Crippen molar-refractivity contribution in [3.05, 3.63) is 76.9 Å². The van der Waals surface area contributed by atoms with Gasteiger partial charge in [0.05, 0.1) is 26.2 Å². The molecule has 2 aliphatic heterocycles. The van der Waals surface area contributed by atoms with E-state index in [-0.39, 0.29) is 11.6 Å². The van der Waals surface area contributed by atoms with Crippen molar-refractivity contribution in [1.29, 1.82) is 10.5 Å². The number of H-pyrrole nitrogens is 1. The van der Waals surface area contributed by atoms with E-state index in [2.05, 4.69) is 36.7 Å². The Morgan fingerprint density at radius 1 is 0.600 bits per heavy atom. The van der Waals surface area contributed by atoms with Gasteiger partial charge >= 0.3 is 0 Å². The predicted octanol–water partition coefficient (Wildman–Crippen LogP) is 3.30. The number of benzene rings is 2. The molecule has 2 saturated heterocycles. The van der Waals surface area contributed by atoms with Gasteiger partial charge in [-0.1, -0.05) is 0 Å². The summed E-state index contributed by atoms with van der Waals surface area (Å²) in [6.07, 6.45) is 0. The number of carbonyl (C=O) groups excluding carboxylic acids is 2. The van der Waals surface area contributed by atoms with E-state index in [4.69, 9.17) is 0 Å². The zero-order valence-electron chi connectivity index (χ0n) is 22.9. The number of hydrogen-bond acceptors (Lipinski definition) is 8. The Hall–Kier alpha value is -4.89. The van der Waals surface area contributed by atoms with Gasteiger partial charge in [0.25, 0.3) is 0 Å². The summed E-state index contributed by atoms with van der Waals surface area (Å²) in [5.41, 5.74) is 4.47. The molecule has 5 rings (SSSR count). The maximum Gasteiger partial charge on any atom is 0.239 e. The number of pyridine rings is 1. The third-order valence-corrected chi connectivity index (χ3v) is 7.75. The molecule has 0 bridgehead atoms. The second kappa shape index (κ2) is 11.5. The van der Waals surface area contributed by atoms with Crippen molar-refractivity contribution in [2.75, 3.05) is 72.0 Å². The number of nitrogens with one attached hydrogen (secondary N) is 1.